The van der Waals surface area contributed by atoms with Gasteiger partial charge in [-0.25, -0.2) is 0 Å². The van der Waals surface area contributed by atoms with E-state index < -0.39 is 0 Å². The van der Waals surface area contributed by atoms with Crippen molar-refractivity contribution in [2.24, 2.45) is 0 Å². The van der Waals surface area contributed by atoms with E-state index in [1.54, 1.807) is 19.2 Å². The van der Waals surface area contributed by atoms with Gasteiger partial charge in [0.2, 0.25) is 0 Å². The van der Waals surface area contributed by atoms with E-state index in [2.05, 4.69) is 4.98 Å². The van der Waals surface area contributed by atoms with Crippen molar-refractivity contribution in [3.63, 3.8) is 0 Å². The molecular formula is C12H10ClNO. The van der Waals surface area contributed by atoms with E-state index in [1.165, 1.54) is 0 Å². The smallest absolute Gasteiger partial charge is 0.161 e. The normalized spacial score (nSPS) is 10.6. The van der Waals surface area contributed by atoms with E-state index in [0.29, 0.717) is 10.6 Å². The first-order chi connectivity index (χ1) is 7.09. The molecule has 1 heterocycles. The number of pyridine rings is 1. The first-order valence-corrected chi connectivity index (χ1v) is 5.03. The molecule has 0 aliphatic rings. The number of carbonyl (C=O) groups excluding carboxylic acids is 1. The van der Waals surface area contributed by atoms with Crippen molar-refractivity contribution in [3.05, 3.63) is 40.5 Å². The molecule has 0 aliphatic heterocycles. The van der Waals surface area contributed by atoms with Gasteiger partial charge >= 0.3 is 0 Å². The summed E-state index contributed by atoms with van der Waals surface area (Å²) in [6.07, 6.45) is 1.62. The molecule has 0 bridgehead atoms. The Morgan fingerprint density at radius 2 is 2.13 bits per heavy atom. The Balaban J connectivity index is 2.82. The lowest BCUT2D eigenvalue weighted by molar-refractivity contribution is 0.101. The highest BCUT2D eigenvalue weighted by Gasteiger charge is 2.08. The summed E-state index contributed by atoms with van der Waals surface area (Å²) in [6, 6.07) is 5.49. The van der Waals surface area contributed by atoms with Crippen molar-refractivity contribution in [2.75, 3.05) is 0 Å². The molecule has 1 aromatic carbocycles. The quantitative estimate of drug-likeness (QED) is 0.688. The predicted octanol–water partition coefficient (Wildman–Crippen LogP) is 3.40. The molecule has 0 spiro atoms. The Bertz CT molecular complexity index is 549. The summed E-state index contributed by atoms with van der Waals surface area (Å²) in [5.41, 5.74) is 2.46. The third-order valence-corrected chi connectivity index (χ3v) is 2.71. The van der Waals surface area contributed by atoms with Crippen LogP contribution in [0.3, 0.4) is 0 Å². The summed E-state index contributed by atoms with van der Waals surface area (Å²) < 4.78 is 0. The van der Waals surface area contributed by atoms with Crippen molar-refractivity contribution in [1.82, 2.24) is 4.98 Å². The second kappa shape index (κ2) is 3.63. The lowest BCUT2D eigenvalue weighted by atomic mass is 10.0. The van der Waals surface area contributed by atoms with Crippen molar-refractivity contribution in [2.45, 2.75) is 13.8 Å². The Labute approximate surface area is 92.9 Å². The van der Waals surface area contributed by atoms with E-state index in [1.807, 2.05) is 19.1 Å². The Morgan fingerprint density at radius 1 is 1.40 bits per heavy atom. The van der Waals surface area contributed by atoms with Gasteiger partial charge in [0, 0.05) is 22.2 Å². The van der Waals surface area contributed by atoms with Crippen LogP contribution in [0.5, 0.6) is 0 Å². The molecule has 2 nitrogen and oxygen atoms in total. The molecule has 0 atom stereocenters. The van der Waals surface area contributed by atoms with Gasteiger partial charge in [-0.3, -0.25) is 9.78 Å². The summed E-state index contributed by atoms with van der Waals surface area (Å²) in [5.74, 6) is 0.0295. The van der Waals surface area contributed by atoms with Gasteiger partial charge in [0.25, 0.3) is 0 Å². The Hall–Kier alpha value is -1.41. The number of aryl methyl sites for hydroxylation is 1. The first-order valence-electron chi connectivity index (χ1n) is 4.65. The summed E-state index contributed by atoms with van der Waals surface area (Å²) in [6.45, 7) is 3.46. The van der Waals surface area contributed by atoms with Crippen LogP contribution in [0.25, 0.3) is 10.9 Å². The first kappa shape index (κ1) is 10.1. The minimum absolute atomic E-state index is 0.0295. The monoisotopic (exact) mass is 219 g/mol. The number of hydrogen-bond donors (Lipinski definition) is 0. The van der Waals surface area contributed by atoms with Gasteiger partial charge in [-0.15, -0.1) is 0 Å². The highest BCUT2D eigenvalue weighted by molar-refractivity contribution is 6.31. The Kier molecular flexibility index (Phi) is 2.45. The number of hydrogen-bond acceptors (Lipinski definition) is 2. The van der Waals surface area contributed by atoms with E-state index in [4.69, 9.17) is 11.6 Å². The zero-order valence-electron chi connectivity index (χ0n) is 8.54. The van der Waals surface area contributed by atoms with E-state index in [9.17, 15) is 4.79 Å². The van der Waals surface area contributed by atoms with Crippen molar-refractivity contribution < 1.29 is 4.79 Å². The molecule has 2 aromatic rings. The fraction of sp³-hybridized carbons (Fsp3) is 0.167. The maximum Gasteiger partial charge on any atom is 0.161 e. The molecule has 2 rings (SSSR count). The van der Waals surface area contributed by atoms with Crippen LogP contribution in [-0.4, -0.2) is 10.8 Å². The van der Waals surface area contributed by atoms with Crippen LogP contribution in [0.2, 0.25) is 5.02 Å². The molecule has 0 radical (unpaired) electrons. The highest BCUT2D eigenvalue weighted by atomic mass is 35.5. The SMILES string of the molecule is CC(=O)c1cnc2ccc(Cl)cc2c1C. The number of nitrogens with zero attached hydrogens (tertiary/aromatic N) is 1. The van der Waals surface area contributed by atoms with Crippen LogP contribution in [-0.2, 0) is 0 Å². The van der Waals surface area contributed by atoms with Crippen molar-refractivity contribution >= 4 is 28.3 Å². The maximum atomic E-state index is 11.3. The number of halogens is 1. The molecule has 3 heteroatoms. The zero-order valence-corrected chi connectivity index (χ0v) is 9.30. The van der Waals surface area contributed by atoms with Gasteiger partial charge in [0.15, 0.2) is 5.78 Å². The topological polar surface area (TPSA) is 30.0 Å². The number of carbonyl (C=O) groups is 1. The fourth-order valence-electron chi connectivity index (χ4n) is 1.65. The summed E-state index contributed by atoms with van der Waals surface area (Å²) in [5, 5.41) is 1.60. The number of aromatic nitrogens is 1. The number of rotatable bonds is 1. The molecule has 15 heavy (non-hydrogen) atoms. The second-order valence-corrected chi connectivity index (χ2v) is 3.95. The molecule has 1 aromatic heterocycles. The maximum absolute atomic E-state index is 11.3. The van der Waals surface area contributed by atoms with Gasteiger partial charge in [0.1, 0.15) is 0 Å². The summed E-state index contributed by atoms with van der Waals surface area (Å²) in [7, 11) is 0. The van der Waals surface area contributed by atoms with E-state index >= 15 is 0 Å². The number of Topliss-reactive ketones (excluding diaryl/α,β-unsaturated/α-hetero) is 1. The van der Waals surface area contributed by atoms with Crippen LogP contribution in [0.4, 0.5) is 0 Å². The second-order valence-electron chi connectivity index (χ2n) is 3.51. The van der Waals surface area contributed by atoms with Crippen LogP contribution < -0.4 is 0 Å². The average Bonchev–Trinajstić information content (AvgIpc) is 2.19. The number of fused-ring (bicyclic) bond motifs is 1. The lowest BCUT2D eigenvalue weighted by Gasteiger charge is -2.06. The van der Waals surface area contributed by atoms with Crippen molar-refractivity contribution in [1.29, 1.82) is 0 Å². The van der Waals surface area contributed by atoms with Crippen LogP contribution >= 0.6 is 11.6 Å². The van der Waals surface area contributed by atoms with Gasteiger partial charge in [-0.2, -0.15) is 0 Å². The van der Waals surface area contributed by atoms with Crippen LogP contribution in [0.1, 0.15) is 22.8 Å². The van der Waals surface area contributed by atoms with Crippen LogP contribution in [0, 0.1) is 6.92 Å². The minimum Gasteiger partial charge on any atom is -0.294 e. The molecule has 76 valence electrons. The van der Waals surface area contributed by atoms with Gasteiger partial charge in [-0.1, -0.05) is 11.6 Å². The molecule has 0 amide bonds. The van der Waals surface area contributed by atoms with E-state index in [0.717, 1.165) is 16.5 Å². The predicted molar refractivity (Wildman–Crippen MR) is 61.5 cm³/mol. The molecule has 0 fully saturated rings. The molecule has 0 N–H and O–H groups in total. The van der Waals surface area contributed by atoms with Crippen LogP contribution in [0.15, 0.2) is 24.4 Å². The third kappa shape index (κ3) is 1.73. The van der Waals surface area contributed by atoms with Gasteiger partial charge in [0.05, 0.1) is 5.52 Å². The minimum atomic E-state index is 0.0295. The van der Waals surface area contributed by atoms with Gasteiger partial charge < -0.3 is 0 Å². The molecule has 0 aliphatic carbocycles. The Morgan fingerprint density at radius 3 is 2.80 bits per heavy atom. The third-order valence-electron chi connectivity index (χ3n) is 2.48. The highest BCUT2D eigenvalue weighted by Crippen LogP contribution is 2.23. The number of ketones is 1. The van der Waals surface area contributed by atoms with Crippen molar-refractivity contribution in [3.8, 4) is 0 Å². The molecular weight excluding hydrogens is 210 g/mol. The average molecular weight is 220 g/mol. The number of benzene rings is 1. The largest absolute Gasteiger partial charge is 0.294 e. The standard InChI is InChI=1S/C12H10ClNO/c1-7-10-5-9(13)3-4-12(10)14-6-11(7)8(2)15/h3-6H,1-2H3. The summed E-state index contributed by atoms with van der Waals surface area (Å²) >= 11 is 5.91. The fourth-order valence-corrected chi connectivity index (χ4v) is 1.82. The molecule has 0 saturated heterocycles. The molecule has 0 saturated carbocycles. The van der Waals surface area contributed by atoms with E-state index in [-0.39, 0.29) is 5.78 Å². The zero-order chi connectivity index (χ0) is 11.0. The molecule has 0 unspecified atom stereocenters. The summed E-state index contributed by atoms with van der Waals surface area (Å²) in [4.78, 5) is 15.5. The van der Waals surface area contributed by atoms with Gasteiger partial charge in [-0.05, 0) is 37.6 Å². The lowest BCUT2D eigenvalue weighted by Crippen LogP contribution is -1.98.